The van der Waals surface area contributed by atoms with Gasteiger partial charge in [-0.2, -0.15) is 0 Å². The molecule has 3 heteroatoms. The van der Waals surface area contributed by atoms with E-state index >= 15 is 0 Å². The molecule has 0 amide bonds. The highest BCUT2D eigenvalue weighted by atomic mass is 35.5. The second kappa shape index (κ2) is 2.74. The van der Waals surface area contributed by atoms with Crippen molar-refractivity contribution >= 4 is 22.6 Å². The van der Waals surface area contributed by atoms with Gasteiger partial charge in [0.1, 0.15) is 5.82 Å². The second-order valence-corrected chi connectivity index (χ2v) is 4.36. The molecule has 0 unspecified atom stereocenters. The average molecular weight is 207 g/mol. The molecule has 1 aliphatic rings. The van der Waals surface area contributed by atoms with Crippen LogP contribution in [-0.2, 0) is 6.42 Å². The molecule has 0 saturated heterocycles. The van der Waals surface area contributed by atoms with E-state index in [-0.39, 0.29) is 0 Å². The van der Waals surface area contributed by atoms with Crippen LogP contribution in [0.1, 0.15) is 25.2 Å². The van der Waals surface area contributed by atoms with Crippen LogP contribution in [0.15, 0.2) is 18.2 Å². The van der Waals surface area contributed by atoms with Gasteiger partial charge in [-0.3, -0.25) is 0 Å². The van der Waals surface area contributed by atoms with Gasteiger partial charge >= 0.3 is 0 Å². The van der Waals surface area contributed by atoms with Gasteiger partial charge in [0.25, 0.3) is 0 Å². The van der Waals surface area contributed by atoms with E-state index in [9.17, 15) is 0 Å². The fourth-order valence-corrected chi connectivity index (χ4v) is 2.42. The number of hydrogen-bond acceptors (Lipinski definition) is 1. The zero-order valence-corrected chi connectivity index (χ0v) is 8.75. The maximum Gasteiger partial charge on any atom is 0.110 e. The summed E-state index contributed by atoms with van der Waals surface area (Å²) < 4.78 is 2.31. The Kier molecular flexibility index (Phi) is 1.62. The highest BCUT2D eigenvalue weighted by molar-refractivity contribution is 6.31. The molecular formula is C11H11ClN2. The van der Waals surface area contributed by atoms with Crippen molar-refractivity contribution in [1.82, 2.24) is 9.55 Å². The summed E-state index contributed by atoms with van der Waals surface area (Å²) in [5.41, 5.74) is 2.24. The molecule has 3 rings (SSSR count). The van der Waals surface area contributed by atoms with Gasteiger partial charge in [0.2, 0.25) is 0 Å². The smallest absolute Gasteiger partial charge is 0.110 e. The summed E-state index contributed by atoms with van der Waals surface area (Å²) in [6, 6.07) is 6.47. The number of rotatable bonds is 0. The first-order valence-corrected chi connectivity index (χ1v) is 5.30. The van der Waals surface area contributed by atoms with Crippen molar-refractivity contribution in [3.05, 3.63) is 29.0 Å². The van der Waals surface area contributed by atoms with Gasteiger partial charge in [-0.05, 0) is 31.5 Å². The standard InChI is InChI=1S/C11H11ClN2/c1-7-2-5-11-13-9-4-3-8(12)6-10(9)14(7)11/h3-4,6-7H,2,5H2,1H3/t7-/m0/s1. The van der Waals surface area contributed by atoms with Crippen LogP contribution in [0, 0.1) is 0 Å². The van der Waals surface area contributed by atoms with Crippen molar-refractivity contribution in [3.8, 4) is 0 Å². The normalized spacial score (nSPS) is 20.3. The first kappa shape index (κ1) is 8.30. The van der Waals surface area contributed by atoms with E-state index in [0.717, 1.165) is 17.0 Å². The summed E-state index contributed by atoms with van der Waals surface area (Å²) in [5, 5.41) is 0.791. The molecule has 2 aromatic rings. The Balaban J connectivity index is 2.38. The summed E-state index contributed by atoms with van der Waals surface area (Å²) in [6.07, 6.45) is 2.29. The number of imidazole rings is 1. The van der Waals surface area contributed by atoms with Crippen LogP contribution in [0.3, 0.4) is 0 Å². The van der Waals surface area contributed by atoms with Crippen LogP contribution in [0.25, 0.3) is 11.0 Å². The lowest BCUT2D eigenvalue weighted by atomic mass is 10.2. The Morgan fingerprint density at radius 2 is 2.36 bits per heavy atom. The molecule has 0 aliphatic carbocycles. The Labute approximate surface area is 87.5 Å². The molecule has 1 atom stereocenters. The molecule has 72 valence electrons. The molecule has 1 aliphatic heterocycles. The molecule has 0 radical (unpaired) electrons. The van der Waals surface area contributed by atoms with Crippen LogP contribution in [0.2, 0.25) is 5.02 Å². The van der Waals surface area contributed by atoms with E-state index in [1.807, 2.05) is 18.2 Å². The average Bonchev–Trinajstić information content (AvgIpc) is 2.67. The summed E-state index contributed by atoms with van der Waals surface area (Å²) in [4.78, 5) is 4.59. The lowest BCUT2D eigenvalue weighted by molar-refractivity contribution is 0.596. The third-order valence-electron chi connectivity index (χ3n) is 2.95. The van der Waals surface area contributed by atoms with Crippen molar-refractivity contribution in [3.63, 3.8) is 0 Å². The van der Waals surface area contributed by atoms with E-state index in [0.29, 0.717) is 6.04 Å². The Morgan fingerprint density at radius 1 is 1.50 bits per heavy atom. The molecule has 0 spiro atoms. The number of halogens is 1. The van der Waals surface area contributed by atoms with Crippen molar-refractivity contribution < 1.29 is 0 Å². The number of hydrogen-bond donors (Lipinski definition) is 0. The molecule has 0 N–H and O–H groups in total. The van der Waals surface area contributed by atoms with Gasteiger partial charge in [-0.1, -0.05) is 11.6 Å². The molecule has 1 aromatic heterocycles. The maximum atomic E-state index is 5.98. The SMILES string of the molecule is C[C@H]1CCc2nc3ccc(Cl)cc3n21. The number of fused-ring (bicyclic) bond motifs is 3. The van der Waals surface area contributed by atoms with Crippen molar-refractivity contribution in [1.29, 1.82) is 0 Å². The quantitative estimate of drug-likeness (QED) is 0.647. The van der Waals surface area contributed by atoms with Crippen molar-refractivity contribution in [2.45, 2.75) is 25.8 Å². The van der Waals surface area contributed by atoms with Gasteiger partial charge < -0.3 is 4.57 Å². The third-order valence-corrected chi connectivity index (χ3v) is 3.19. The minimum atomic E-state index is 0.563. The second-order valence-electron chi connectivity index (χ2n) is 3.92. The van der Waals surface area contributed by atoms with Gasteiger partial charge in [-0.25, -0.2) is 4.98 Å². The fraction of sp³-hybridized carbons (Fsp3) is 0.364. The first-order chi connectivity index (χ1) is 6.75. The van der Waals surface area contributed by atoms with Crippen LogP contribution in [-0.4, -0.2) is 9.55 Å². The molecule has 2 nitrogen and oxygen atoms in total. The number of aromatic nitrogens is 2. The fourth-order valence-electron chi connectivity index (χ4n) is 2.25. The van der Waals surface area contributed by atoms with E-state index in [1.165, 1.54) is 17.8 Å². The molecule has 2 heterocycles. The zero-order valence-electron chi connectivity index (χ0n) is 8.00. The Bertz CT molecular complexity index is 501. The summed E-state index contributed by atoms with van der Waals surface area (Å²) in [5.74, 6) is 1.20. The van der Waals surface area contributed by atoms with E-state index in [2.05, 4.69) is 16.5 Å². The van der Waals surface area contributed by atoms with Gasteiger partial charge in [0, 0.05) is 17.5 Å². The van der Waals surface area contributed by atoms with E-state index in [1.54, 1.807) is 0 Å². The Morgan fingerprint density at radius 3 is 3.21 bits per heavy atom. The van der Waals surface area contributed by atoms with Crippen molar-refractivity contribution in [2.75, 3.05) is 0 Å². The van der Waals surface area contributed by atoms with Gasteiger partial charge in [0.05, 0.1) is 11.0 Å². The van der Waals surface area contributed by atoms with Crippen LogP contribution in [0.5, 0.6) is 0 Å². The monoisotopic (exact) mass is 206 g/mol. The highest BCUT2D eigenvalue weighted by Gasteiger charge is 2.21. The van der Waals surface area contributed by atoms with E-state index in [4.69, 9.17) is 11.6 Å². The molecule has 1 aromatic carbocycles. The summed E-state index contributed by atoms with van der Waals surface area (Å²) in [6.45, 7) is 2.23. The predicted octanol–water partition coefficient (Wildman–Crippen LogP) is 3.20. The van der Waals surface area contributed by atoms with Crippen LogP contribution < -0.4 is 0 Å². The molecule has 0 fully saturated rings. The maximum absolute atomic E-state index is 5.98. The Hall–Kier alpha value is -1.02. The zero-order chi connectivity index (χ0) is 9.71. The van der Waals surface area contributed by atoms with Gasteiger partial charge in [-0.15, -0.1) is 0 Å². The highest BCUT2D eigenvalue weighted by Crippen LogP contribution is 2.31. The molecule has 0 bridgehead atoms. The third kappa shape index (κ3) is 1.01. The van der Waals surface area contributed by atoms with Gasteiger partial charge in [0.15, 0.2) is 0 Å². The summed E-state index contributed by atoms with van der Waals surface area (Å²) in [7, 11) is 0. The van der Waals surface area contributed by atoms with Crippen LogP contribution in [0.4, 0.5) is 0 Å². The van der Waals surface area contributed by atoms with Crippen LogP contribution >= 0.6 is 11.6 Å². The molecule has 0 saturated carbocycles. The van der Waals surface area contributed by atoms with Crippen molar-refractivity contribution in [2.24, 2.45) is 0 Å². The topological polar surface area (TPSA) is 17.8 Å². The number of benzene rings is 1. The minimum absolute atomic E-state index is 0.563. The lowest BCUT2D eigenvalue weighted by Gasteiger charge is -2.06. The lowest BCUT2D eigenvalue weighted by Crippen LogP contribution is -1.97. The summed E-state index contributed by atoms with van der Waals surface area (Å²) >= 11 is 5.98. The first-order valence-electron chi connectivity index (χ1n) is 4.92. The number of nitrogens with zero attached hydrogens (tertiary/aromatic N) is 2. The minimum Gasteiger partial charge on any atom is -0.325 e. The molecule has 14 heavy (non-hydrogen) atoms. The largest absolute Gasteiger partial charge is 0.325 e. The predicted molar refractivity (Wildman–Crippen MR) is 57.8 cm³/mol. The van der Waals surface area contributed by atoms with E-state index < -0.39 is 0 Å². The number of aryl methyl sites for hydroxylation is 1. The molecular weight excluding hydrogens is 196 g/mol.